The molecule has 0 radical (unpaired) electrons. The smallest absolute Gasteiger partial charge is 0.234 e. The summed E-state index contributed by atoms with van der Waals surface area (Å²) in [7, 11) is 1.87. The minimum atomic E-state index is -0.616. The van der Waals surface area contributed by atoms with Gasteiger partial charge in [-0.15, -0.1) is 12.4 Å². The number of β-amino-alcohol motifs (C(OH)–C–C–N with tert-alkyl or cyclic N) is 1. The molecule has 0 saturated carbocycles. The number of aliphatic hydroxyl groups excluding tert-OH is 1. The highest BCUT2D eigenvalue weighted by atomic mass is 35.5. The molecule has 3 unspecified atom stereocenters. The Kier molecular flexibility index (Phi) is 6.42. The maximum atomic E-state index is 12.9. The zero-order chi connectivity index (χ0) is 20.7. The first-order chi connectivity index (χ1) is 14.6. The van der Waals surface area contributed by atoms with Crippen LogP contribution in [-0.4, -0.2) is 61.4 Å². The van der Waals surface area contributed by atoms with Crippen LogP contribution in [0.3, 0.4) is 0 Å². The molecule has 5 rings (SSSR count). The first-order valence-corrected chi connectivity index (χ1v) is 10.8. The van der Waals surface area contributed by atoms with Gasteiger partial charge in [0.05, 0.1) is 5.92 Å². The van der Waals surface area contributed by atoms with Gasteiger partial charge in [0, 0.05) is 19.3 Å². The molecular weight excluding hydrogens is 416 g/mol. The van der Waals surface area contributed by atoms with E-state index in [1.54, 1.807) is 4.90 Å². The van der Waals surface area contributed by atoms with Gasteiger partial charge in [0.25, 0.3) is 0 Å². The number of para-hydroxylation sites is 3. The number of halogens is 1. The van der Waals surface area contributed by atoms with Crippen LogP contribution in [0.4, 0.5) is 5.69 Å². The Balaban J connectivity index is 0.00000231. The molecule has 3 atom stereocenters. The predicted octanol–water partition coefficient (Wildman–Crippen LogP) is 3.08. The van der Waals surface area contributed by atoms with E-state index >= 15 is 0 Å². The number of carbonyl (C=O) groups excluding carboxylic acids is 1. The highest BCUT2D eigenvalue weighted by molar-refractivity contribution is 6.04. The van der Waals surface area contributed by atoms with Crippen molar-refractivity contribution in [3.63, 3.8) is 0 Å². The lowest BCUT2D eigenvalue weighted by molar-refractivity contribution is -0.120. The van der Waals surface area contributed by atoms with Gasteiger partial charge >= 0.3 is 0 Å². The fraction of sp³-hybridized carbons (Fsp3) is 0.458. The molecule has 6 nitrogen and oxygen atoms in total. The van der Waals surface area contributed by atoms with Gasteiger partial charge < -0.3 is 24.4 Å². The Morgan fingerprint density at radius 2 is 1.74 bits per heavy atom. The van der Waals surface area contributed by atoms with Crippen LogP contribution >= 0.6 is 12.4 Å². The molecule has 0 bridgehead atoms. The summed E-state index contributed by atoms with van der Waals surface area (Å²) < 4.78 is 11.7. The number of likely N-dealkylation sites (tertiary alicyclic amines) is 1. The number of aliphatic hydroxyl groups is 1. The van der Waals surface area contributed by atoms with Gasteiger partial charge in [-0.3, -0.25) is 4.79 Å². The number of piperidine rings is 1. The van der Waals surface area contributed by atoms with Crippen molar-refractivity contribution >= 4 is 24.0 Å². The van der Waals surface area contributed by atoms with E-state index in [1.807, 2.05) is 49.5 Å². The summed E-state index contributed by atoms with van der Waals surface area (Å²) in [5.74, 6) is 1.94. The quantitative estimate of drug-likeness (QED) is 0.785. The normalized spacial score (nSPS) is 24.5. The van der Waals surface area contributed by atoms with Gasteiger partial charge in [0.1, 0.15) is 12.7 Å². The molecule has 1 N–H and O–H groups in total. The number of benzene rings is 2. The zero-order valence-electron chi connectivity index (χ0n) is 17.6. The van der Waals surface area contributed by atoms with Gasteiger partial charge in [0.2, 0.25) is 5.91 Å². The van der Waals surface area contributed by atoms with Gasteiger partial charge in [0.15, 0.2) is 17.6 Å². The van der Waals surface area contributed by atoms with Gasteiger partial charge in [-0.2, -0.15) is 0 Å². The van der Waals surface area contributed by atoms with E-state index in [-0.39, 0.29) is 30.3 Å². The molecule has 3 aliphatic heterocycles. The lowest BCUT2D eigenvalue weighted by Gasteiger charge is -2.37. The predicted molar refractivity (Wildman–Crippen MR) is 121 cm³/mol. The molecular formula is C24H29ClN2O4. The van der Waals surface area contributed by atoms with Gasteiger partial charge in [-0.25, -0.2) is 0 Å². The third-order valence-electron chi connectivity index (χ3n) is 6.74. The van der Waals surface area contributed by atoms with E-state index in [0.29, 0.717) is 24.8 Å². The number of rotatable bonds is 4. The summed E-state index contributed by atoms with van der Waals surface area (Å²) in [6.07, 6.45) is 0.927. The molecule has 0 aromatic heterocycles. The molecule has 2 aromatic rings. The largest absolute Gasteiger partial charge is 0.486 e. The molecule has 2 aromatic carbocycles. The van der Waals surface area contributed by atoms with Crippen LogP contribution in [0.25, 0.3) is 0 Å². The number of anilines is 1. The van der Waals surface area contributed by atoms with Crippen molar-refractivity contribution in [2.24, 2.45) is 5.92 Å². The van der Waals surface area contributed by atoms with Crippen molar-refractivity contribution in [3.8, 4) is 11.5 Å². The number of hydrogen-bond acceptors (Lipinski definition) is 5. The summed E-state index contributed by atoms with van der Waals surface area (Å²) >= 11 is 0. The summed E-state index contributed by atoms with van der Waals surface area (Å²) in [4.78, 5) is 16.9. The van der Waals surface area contributed by atoms with Crippen molar-refractivity contribution < 1.29 is 19.4 Å². The number of fused-ring (bicyclic) bond motifs is 2. The van der Waals surface area contributed by atoms with E-state index in [1.165, 1.54) is 0 Å². The van der Waals surface area contributed by atoms with E-state index in [0.717, 1.165) is 42.9 Å². The van der Waals surface area contributed by atoms with Crippen LogP contribution in [0.1, 0.15) is 24.3 Å². The minimum absolute atomic E-state index is 0. The van der Waals surface area contributed by atoms with Crippen LogP contribution in [0.15, 0.2) is 48.5 Å². The van der Waals surface area contributed by atoms with Crippen molar-refractivity contribution in [2.75, 3.05) is 38.2 Å². The maximum Gasteiger partial charge on any atom is 0.234 e. The van der Waals surface area contributed by atoms with Crippen LogP contribution in [0.2, 0.25) is 0 Å². The van der Waals surface area contributed by atoms with Gasteiger partial charge in [-0.1, -0.05) is 30.3 Å². The van der Waals surface area contributed by atoms with E-state index in [2.05, 4.69) is 11.0 Å². The Morgan fingerprint density at radius 1 is 1.06 bits per heavy atom. The second-order valence-corrected chi connectivity index (χ2v) is 8.55. The van der Waals surface area contributed by atoms with Gasteiger partial charge in [-0.05, 0) is 55.6 Å². The SMILES string of the molecule is CN1C(=O)C(C2CCN(CC(O)C3COc4ccccc4O3)CC2)c2ccccc21.Cl. The maximum absolute atomic E-state index is 12.9. The van der Waals surface area contributed by atoms with Crippen LogP contribution < -0.4 is 14.4 Å². The summed E-state index contributed by atoms with van der Waals surface area (Å²) in [5.41, 5.74) is 2.20. The lowest BCUT2D eigenvalue weighted by Crippen LogP contribution is -2.48. The fourth-order valence-electron chi connectivity index (χ4n) is 5.05. The standard InChI is InChI=1S/C24H28N2O4.ClH/c1-25-18-7-3-2-6-17(18)23(24(25)28)16-10-12-26(13-11-16)14-19(27)22-15-29-20-8-4-5-9-21(20)30-22;/h2-9,16,19,22-23,27H,10-15H2,1H3;1H. The summed E-state index contributed by atoms with van der Waals surface area (Å²) in [5, 5.41) is 10.7. The van der Waals surface area contributed by atoms with Crippen LogP contribution in [0, 0.1) is 5.92 Å². The van der Waals surface area contributed by atoms with E-state index in [9.17, 15) is 9.90 Å². The molecule has 7 heteroatoms. The van der Waals surface area contributed by atoms with Crippen molar-refractivity contribution in [1.29, 1.82) is 0 Å². The average molecular weight is 445 g/mol. The number of likely N-dealkylation sites (N-methyl/N-ethyl adjacent to an activating group) is 1. The number of nitrogens with zero attached hydrogens (tertiary/aromatic N) is 2. The molecule has 1 amide bonds. The number of ether oxygens (including phenoxy) is 2. The average Bonchev–Trinajstić information content (AvgIpc) is 3.04. The topological polar surface area (TPSA) is 62.2 Å². The van der Waals surface area contributed by atoms with Crippen molar-refractivity contribution in [1.82, 2.24) is 4.90 Å². The summed E-state index contributed by atoms with van der Waals surface area (Å²) in [6, 6.07) is 15.7. The fourth-order valence-corrected chi connectivity index (χ4v) is 5.05. The molecule has 1 saturated heterocycles. The number of amides is 1. The molecule has 3 heterocycles. The molecule has 31 heavy (non-hydrogen) atoms. The van der Waals surface area contributed by atoms with Crippen molar-refractivity contribution in [3.05, 3.63) is 54.1 Å². The Bertz CT molecular complexity index is 931. The molecule has 0 aliphatic carbocycles. The minimum Gasteiger partial charge on any atom is -0.486 e. The zero-order valence-corrected chi connectivity index (χ0v) is 18.5. The molecule has 3 aliphatic rings. The Morgan fingerprint density at radius 3 is 2.52 bits per heavy atom. The molecule has 166 valence electrons. The first kappa shape index (κ1) is 21.9. The summed E-state index contributed by atoms with van der Waals surface area (Å²) in [6.45, 7) is 2.66. The molecule has 0 spiro atoms. The Labute approximate surface area is 189 Å². The van der Waals surface area contributed by atoms with E-state index < -0.39 is 6.10 Å². The lowest BCUT2D eigenvalue weighted by atomic mass is 9.80. The first-order valence-electron chi connectivity index (χ1n) is 10.8. The highest BCUT2D eigenvalue weighted by Gasteiger charge is 2.41. The monoisotopic (exact) mass is 444 g/mol. The third-order valence-corrected chi connectivity index (χ3v) is 6.74. The Hall–Kier alpha value is -2.28. The third kappa shape index (κ3) is 4.12. The second-order valence-electron chi connectivity index (χ2n) is 8.55. The molecule has 1 fully saturated rings. The highest BCUT2D eigenvalue weighted by Crippen LogP contribution is 2.43. The van der Waals surface area contributed by atoms with Crippen molar-refractivity contribution in [2.45, 2.75) is 31.0 Å². The van der Waals surface area contributed by atoms with E-state index in [4.69, 9.17) is 9.47 Å². The second kappa shape index (κ2) is 9.07. The van der Waals surface area contributed by atoms with Crippen LogP contribution in [0.5, 0.6) is 11.5 Å². The number of carbonyl (C=O) groups is 1. The van der Waals surface area contributed by atoms with Crippen LogP contribution in [-0.2, 0) is 4.79 Å². The number of hydrogen-bond donors (Lipinski definition) is 1.